The molecular weight excluding hydrogens is 200 g/mol. The van der Waals surface area contributed by atoms with Crippen LogP contribution in [0.2, 0.25) is 0 Å². The van der Waals surface area contributed by atoms with Crippen LogP contribution in [-0.2, 0) is 4.79 Å². The molecule has 0 heterocycles. The van der Waals surface area contributed by atoms with Gasteiger partial charge in [-0.05, 0) is 49.9 Å². The number of benzene rings is 1. The number of carbonyl (C=O) groups is 1. The van der Waals surface area contributed by atoms with Gasteiger partial charge in [0, 0.05) is 24.3 Å². The van der Waals surface area contributed by atoms with Gasteiger partial charge in [-0.1, -0.05) is 0 Å². The summed E-state index contributed by atoms with van der Waals surface area (Å²) in [5.41, 5.74) is 3.14. The average molecular weight is 218 g/mol. The first-order valence-corrected chi connectivity index (χ1v) is 5.80. The van der Waals surface area contributed by atoms with Gasteiger partial charge >= 0.3 is 0 Å². The minimum atomic E-state index is -0.0252. The van der Waals surface area contributed by atoms with E-state index in [1.165, 1.54) is 26.2 Å². The summed E-state index contributed by atoms with van der Waals surface area (Å²) in [7, 11) is 0. The summed E-state index contributed by atoms with van der Waals surface area (Å²) in [4.78, 5) is 11.0. The van der Waals surface area contributed by atoms with E-state index in [1.807, 2.05) is 19.1 Å². The number of hydrogen-bond acceptors (Lipinski definition) is 2. The standard InChI is InChI=1S/C13H18N2O/c1-9-8-12(15-11-4-3-5-11)6-7-13(9)14-10(2)16/h6-8,11,15H,3-5H2,1-2H3,(H,14,16). The largest absolute Gasteiger partial charge is 0.382 e. The molecule has 0 unspecified atom stereocenters. The van der Waals surface area contributed by atoms with Gasteiger partial charge in [-0.25, -0.2) is 0 Å². The molecule has 16 heavy (non-hydrogen) atoms. The third-order valence-electron chi connectivity index (χ3n) is 3.01. The van der Waals surface area contributed by atoms with Crippen LogP contribution in [0.25, 0.3) is 0 Å². The number of hydrogen-bond donors (Lipinski definition) is 2. The van der Waals surface area contributed by atoms with Crippen molar-refractivity contribution in [3.05, 3.63) is 23.8 Å². The number of aryl methyl sites for hydroxylation is 1. The molecule has 86 valence electrons. The third-order valence-corrected chi connectivity index (χ3v) is 3.01. The molecule has 1 aromatic carbocycles. The highest BCUT2D eigenvalue weighted by Crippen LogP contribution is 2.25. The van der Waals surface area contributed by atoms with Crippen LogP contribution in [0.4, 0.5) is 11.4 Å². The van der Waals surface area contributed by atoms with Crippen LogP contribution >= 0.6 is 0 Å². The summed E-state index contributed by atoms with van der Waals surface area (Å²) < 4.78 is 0. The zero-order valence-electron chi connectivity index (χ0n) is 9.84. The minimum absolute atomic E-state index is 0.0252. The summed E-state index contributed by atoms with van der Waals surface area (Å²) >= 11 is 0. The summed E-state index contributed by atoms with van der Waals surface area (Å²) in [5.74, 6) is -0.0252. The number of nitrogens with one attached hydrogen (secondary N) is 2. The Morgan fingerprint density at radius 3 is 2.62 bits per heavy atom. The van der Waals surface area contributed by atoms with Crippen LogP contribution in [0.3, 0.4) is 0 Å². The Morgan fingerprint density at radius 2 is 2.12 bits per heavy atom. The van der Waals surface area contributed by atoms with Crippen molar-refractivity contribution in [2.45, 2.75) is 39.2 Å². The van der Waals surface area contributed by atoms with Gasteiger partial charge in [0.15, 0.2) is 0 Å². The van der Waals surface area contributed by atoms with Crippen molar-refractivity contribution in [2.75, 3.05) is 10.6 Å². The van der Waals surface area contributed by atoms with E-state index in [0.29, 0.717) is 6.04 Å². The smallest absolute Gasteiger partial charge is 0.221 e. The number of anilines is 2. The van der Waals surface area contributed by atoms with Crippen molar-refractivity contribution < 1.29 is 4.79 Å². The second-order valence-electron chi connectivity index (χ2n) is 4.48. The Morgan fingerprint density at radius 1 is 1.38 bits per heavy atom. The normalized spacial score (nSPS) is 15.4. The van der Waals surface area contributed by atoms with Gasteiger partial charge in [0.2, 0.25) is 5.91 Å². The highest BCUT2D eigenvalue weighted by Gasteiger charge is 2.16. The van der Waals surface area contributed by atoms with Crippen LogP contribution in [0.1, 0.15) is 31.7 Å². The molecule has 1 saturated carbocycles. The lowest BCUT2D eigenvalue weighted by atomic mass is 9.93. The summed E-state index contributed by atoms with van der Waals surface area (Å²) in [6.07, 6.45) is 3.87. The number of carbonyl (C=O) groups excluding carboxylic acids is 1. The minimum Gasteiger partial charge on any atom is -0.382 e. The molecule has 0 atom stereocenters. The molecule has 0 aliphatic heterocycles. The Kier molecular flexibility index (Phi) is 3.13. The lowest BCUT2D eigenvalue weighted by Gasteiger charge is -2.27. The maximum atomic E-state index is 11.0. The molecule has 1 amide bonds. The average Bonchev–Trinajstić information content (AvgIpc) is 2.15. The first-order valence-electron chi connectivity index (χ1n) is 5.80. The van der Waals surface area contributed by atoms with E-state index in [0.717, 1.165) is 16.9 Å². The molecule has 1 aliphatic carbocycles. The van der Waals surface area contributed by atoms with Crippen molar-refractivity contribution >= 4 is 17.3 Å². The van der Waals surface area contributed by atoms with Gasteiger partial charge in [0.25, 0.3) is 0 Å². The molecule has 2 N–H and O–H groups in total. The molecule has 0 saturated heterocycles. The fraction of sp³-hybridized carbons (Fsp3) is 0.462. The van der Waals surface area contributed by atoms with Crippen molar-refractivity contribution in [3.63, 3.8) is 0 Å². The highest BCUT2D eigenvalue weighted by atomic mass is 16.1. The van der Waals surface area contributed by atoms with E-state index in [1.54, 1.807) is 0 Å². The Bertz CT molecular complexity index is 397. The van der Waals surface area contributed by atoms with Crippen LogP contribution in [0.5, 0.6) is 0 Å². The van der Waals surface area contributed by atoms with Gasteiger partial charge in [-0.2, -0.15) is 0 Å². The quantitative estimate of drug-likeness (QED) is 0.819. The zero-order valence-corrected chi connectivity index (χ0v) is 9.84. The molecule has 0 aromatic heterocycles. The first-order chi connectivity index (χ1) is 7.65. The Labute approximate surface area is 96.2 Å². The summed E-state index contributed by atoms with van der Waals surface area (Å²) in [6.45, 7) is 3.54. The second kappa shape index (κ2) is 4.56. The zero-order chi connectivity index (χ0) is 11.5. The van der Waals surface area contributed by atoms with E-state index in [4.69, 9.17) is 0 Å². The fourth-order valence-electron chi connectivity index (χ4n) is 1.87. The Balaban J connectivity index is 2.05. The maximum absolute atomic E-state index is 11.0. The molecule has 0 spiro atoms. The van der Waals surface area contributed by atoms with Crippen LogP contribution in [-0.4, -0.2) is 11.9 Å². The fourth-order valence-corrected chi connectivity index (χ4v) is 1.87. The number of amides is 1. The van der Waals surface area contributed by atoms with Crippen molar-refractivity contribution in [1.29, 1.82) is 0 Å². The molecule has 0 bridgehead atoms. The molecule has 0 radical (unpaired) electrons. The predicted molar refractivity (Wildman–Crippen MR) is 66.7 cm³/mol. The first kappa shape index (κ1) is 11.0. The topological polar surface area (TPSA) is 41.1 Å². The van der Waals surface area contributed by atoms with E-state index >= 15 is 0 Å². The van der Waals surface area contributed by atoms with Crippen LogP contribution in [0.15, 0.2) is 18.2 Å². The van der Waals surface area contributed by atoms with E-state index in [9.17, 15) is 4.79 Å². The van der Waals surface area contributed by atoms with Gasteiger partial charge in [0.1, 0.15) is 0 Å². The molecule has 2 rings (SSSR count). The van der Waals surface area contributed by atoms with Gasteiger partial charge in [-0.3, -0.25) is 4.79 Å². The SMILES string of the molecule is CC(=O)Nc1ccc(NC2CCC2)cc1C. The molecule has 3 heteroatoms. The molecule has 3 nitrogen and oxygen atoms in total. The van der Waals surface area contributed by atoms with E-state index in [2.05, 4.69) is 16.7 Å². The van der Waals surface area contributed by atoms with Gasteiger partial charge < -0.3 is 10.6 Å². The van der Waals surface area contributed by atoms with Crippen LogP contribution < -0.4 is 10.6 Å². The lowest BCUT2D eigenvalue weighted by Crippen LogP contribution is -2.26. The lowest BCUT2D eigenvalue weighted by molar-refractivity contribution is -0.114. The van der Waals surface area contributed by atoms with Crippen LogP contribution in [0, 0.1) is 6.92 Å². The van der Waals surface area contributed by atoms with Gasteiger partial charge in [-0.15, -0.1) is 0 Å². The second-order valence-corrected chi connectivity index (χ2v) is 4.48. The third kappa shape index (κ3) is 2.54. The number of rotatable bonds is 3. The predicted octanol–water partition coefficient (Wildman–Crippen LogP) is 2.92. The van der Waals surface area contributed by atoms with Crippen molar-refractivity contribution in [3.8, 4) is 0 Å². The van der Waals surface area contributed by atoms with E-state index in [-0.39, 0.29) is 5.91 Å². The van der Waals surface area contributed by atoms with Crippen molar-refractivity contribution in [2.24, 2.45) is 0 Å². The molecule has 1 aromatic rings. The molecule has 1 aliphatic rings. The van der Waals surface area contributed by atoms with Gasteiger partial charge in [0.05, 0.1) is 0 Å². The summed E-state index contributed by atoms with van der Waals surface area (Å²) in [5, 5.41) is 6.30. The monoisotopic (exact) mass is 218 g/mol. The Hall–Kier alpha value is -1.51. The van der Waals surface area contributed by atoms with Crippen molar-refractivity contribution in [1.82, 2.24) is 0 Å². The van der Waals surface area contributed by atoms with E-state index < -0.39 is 0 Å². The summed E-state index contributed by atoms with van der Waals surface area (Å²) in [6, 6.07) is 6.71. The maximum Gasteiger partial charge on any atom is 0.221 e. The molecular formula is C13H18N2O. The highest BCUT2D eigenvalue weighted by molar-refractivity contribution is 5.89. The molecule has 1 fully saturated rings.